The normalized spacial score (nSPS) is 12.5. The summed E-state index contributed by atoms with van der Waals surface area (Å²) in [6.45, 7) is 8.99. The fourth-order valence-corrected chi connectivity index (χ4v) is 1.30. The molecule has 1 aromatic rings. The van der Waals surface area contributed by atoms with Gasteiger partial charge in [-0.25, -0.2) is 0 Å². The SMILES string of the molecule is CCNCC(C)COc1cccnc1C. The van der Waals surface area contributed by atoms with Crippen LogP contribution in [-0.4, -0.2) is 24.7 Å². The van der Waals surface area contributed by atoms with E-state index in [4.69, 9.17) is 4.74 Å². The van der Waals surface area contributed by atoms with E-state index in [1.807, 2.05) is 19.1 Å². The Morgan fingerprint density at radius 1 is 1.53 bits per heavy atom. The largest absolute Gasteiger partial charge is 0.491 e. The van der Waals surface area contributed by atoms with E-state index in [0.29, 0.717) is 5.92 Å². The van der Waals surface area contributed by atoms with E-state index in [2.05, 4.69) is 24.1 Å². The molecule has 1 aromatic heterocycles. The Morgan fingerprint density at radius 2 is 2.33 bits per heavy atom. The monoisotopic (exact) mass is 208 g/mol. The molecule has 0 aliphatic heterocycles. The zero-order chi connectivity index (χ0) is 11.1. The molecule has 0 fully saturated rings. The van der Waals surface area contributed by atoms with Crippen molar-refractivity contribution in [3.63, 3.8) is 0 Å². The summed E-state index contributed by atoms with van der Waals surface area (Å²) in [5.41, 5.74) is 0.952. The molecule has 0 radical (unpaired) electrons. The molecular weight excluding hydrogens is 188 g/mol. The van der Waals surface area contributed by atoms with Crippen LogP contribution in [0.1, 0.15) is 19.5 Å². The molecule has 15 heavy (non-hydrogen) atoms. The van der Waals surface area contributed by atoms with E-state index < -0.39 is 0 Å². The predicted octanol–water partition coefficient (Wildman–Crippen LogP) is 2.01. The number of hydrogen-bond donors (Lipinski definition) is 1. The molecule has 3 nitrogen and oxygen atoms in total. The van der Waals surface area contributed by atoms with E-state index in [1.54, 1.807) is 6.20 Å². The number of nitrogens with one attached hydrogen (secondary N) is 1. The van der Waals surface area contributed by atoms with Crippen LogP contribution in [0.4, 0.5) is 0 Å². The van der Waals surface area contributed by atoms with Crippen LogP contribution in [0.5, 0.6) is 5.75 Å². The third kappa shape index (κ3) is 4.30. The van der Waals surface area contributed by atoms with Gasteiger partial charge in [-0.1, -0.05) is 13.8 Å². The van der Waals surface area contributed by atoms with Crippen molar-refractivity contribution in [1.29, 1.82) is 0 Å². The lowest BCUT2D eigenvalue weighted by atomic mass is 10.2. The van der Waals surface area contributed by atoms with Gasteiger partial charge in [0.2, 0.25) is 0 Å². The van der Waals surface area contributed by atoms with Crippen molar-refractivity contribution >= 4 is 0 Å². The summed E-state index contributed by atoms with van der Waals surface area (Å²) in [7, 11) is 0. The summed E-state index contributed by atoms with van der Waals surface area (Å²) in [6.07, 6.45) is 1.78. The molecule has 0 aliphatic carbocycles. The van der Waals surface area contributed by atoms with Gasteiger partial charge < -0.3 is 10.1 Å². The highest BCUT2D eigenvalue weighted by atomic mass is 16.5. The van der Waals surface area contributed by atoms with Gasteiger partial charge in [0, 0.05) is 18.7 Å². The van der Waals surface area contributed by atoms with Gasteiger partial charge in [0.1, 0.15) is 5.75 Å². The van der Waals surface area contributed by atoms with Crippen LogP contribution in [0.2, 0.25) is 0 Å². The molecule has 0 aromatic carbocycles. The molecule has 0 spiro atoms. The first-order valence-electron chi connectivity index (χ1n) is 5.49. The number of pyridine rings is 1. The van der Waals surface area contributed by atoms with Gasteiger partial charge in [0.25, 0.3) is 0 Å². The molecule has 1 N–H and O–H groups in total. The Balaban J connectivity index is 2.33. The van der Waals surface area contributed by atoms with E-state index >= 15 is 0 Å². The van der Waals surface area contributed by atoms with Crippen molar-refractivity contribution in [3.05, 3.63) is 24.0 Å². The van der Waals surface area contributed by atoms with Gasteiger partial charge in [0.05, 0.1) is 12.3 Å². The Labute approximate surface area is 91.9 Å². The highest BCUT2D eigenvalue weighted by molar-refractivity contribution is 5.25. The van der Waals surface area contributed by atoms with Crippen LogP contribution in [0.3, 0.4) is 0 Å². The third-order valence-electron chi connectivity index (χ3n) is 2.22. The molecule has 0 amide bonds. The van der Waals surface area contributed by atoms with Crippen LogP contribution in [-0.2, 0) is 0 Å². The van der Waals surface area contributed by atoms with Crippen molar-refractivity contribution in [2.75, 3.05) is 19.7 Å². The van der Waals surface area contributed by atoms with Gasteiger partial charge in [-0.15, -0.1) is 0 Å². The van der Waals surface area contributed by atoms with Crippen molar-refractivity contribution in [2.45, 2.75) is 20.8 Å². The Kier molecular flexibility index (Phi) is 5.12. The van der Waals surface area contributed by atoms with Crippen molar-refractivity contribution in [2.24, 2.45) is 5.92 Å². The fourth-order valence-electron chi connectivity index (χ4n) is 1.30. The Bertz CT molecular complexity index is 289. The van der Waals surface area contributed by atoms with Crippen molar-refractivity contribution in [3.8, 4) is 5.75 Å². The van der Waals surface area contributed by atoms with E-state index in [0.717, 1.165) is 31.1 Å². The minimum absolute atomic E-state index is 0.518. The molecule has 1 unspecified atom stereocenters. The molecular formula is C12H20N2O. The zero-order valence-corrected chi connectivity index (χ0v) is 9.79. The molecule has 0 aliphatic rings. The van der Waals surface area contributed by atoms with Crippen LogP contribution in [0.15, 0.2) is 18.3 Å². The topological polar surface area (TPSA) is 34.1 Å². The smallest absolute Gasteiger partial charge is 0.140 e. The Morgan fingerprint density at radius 3 is 3.00 bits per heavy atom. The second kappa shape index (κ2) is 6.40. The number of nitrogens with zero attached hydrogens (tertiary/aromatic N) is 1. The van der Waals surface area contributed by atoms with Gasteiger partial charge >= 0.3 is 0 Å². The second-order valence-electron chi connectivity index (χ2n) is 3.81. The predicted molar refractivity (Wildman–Crippen MR) is 62.2 cm³/mol. The molecule has 1 heterocycles. The summed E-state index contributed by atoms with van der Waals surface area (Å²) in [5.74, 6) is 1.41. The lowest BCUT2D eigenvalue weighted by Gasteiger charge is -2.14. The molecule has 3 heteroatoms. The number of ether oxygens (including phenoxy) is 1. The average molecular weight is 208 g/mol. The first-order chi connectivity index (χ1) is 7.24. The molecule has 0 saturated heterocycles. The van der Waals surface area contributed by atoms with Crippen LogP contribution < -0.4 is 10.1 Å². The van der Waals surface area contributed by atoms with E-state index in [1.165, 1.54) is 0 Å². The molecule has 1 atom stereocenters. The first kappa shape index (κ1) is 12.0. The number of aryl methyl sites for hydroxylation is 1. The lowest BCUT2D eigenvalue weighted by molar-refractivity contribution is 0.254. The number of hydrogen-bond acceptors (Lipinski definition) is 3. The Hall–Kier alpha value is -1.09. The standard InChI is InChI=1S/C12H20N2O/c1-4-13-8-10(2)9-15-12-6-5-7-14-11(12)3/h5-7,10,13H,4,8-9H2,1-3H3. The summed E-state index contributed by atoms with van der Waals surface area (Å²) in [5, 5.41) is 3.30. The maximum absolute atomic E-state index is 5.69. The zero-order valence-electron chi connectivity index (χ0n) is 9.79. The van der Waals surface area contributed by atoms with Gasteiger partial charge in [-0.3, -0.25) is 4.98 Å². The van der Waals surface area contributed by atoms with Crippen LogP contribution >= 0.6 is 0 Å². The number of aromatic nitrogens is 1. The summed E-state index contributed by atoms with van der Waals surface area (Å²) >= 11 is 0. The van der Waals surface area contributed by atoms with Crippen molar-refractivity contribution < 1.29 is 4.74 Å². The van der Waals surface area contributed by atoms with Gasteiger partial charge in [0.15, 0.2) is 0 Å². The van der Waals surface area contributed by atoms with Gasteiger partial charge in [-0.05, 0) is 25.6 Å². The number of rotatable bonds is 6. The first-order valence-corrected chi connectivity index (χ1v) is 5.49. The molecule has 84 valence electrons. The quantitative estimate of drug-likeness (QED) is 0.776. The average Bonchev–Trinajstić information content (AvgIpc) is 2.25. The summed E-state index contributed by atoms with van der Waals surface area (Å²) in [4.78, 5) is 4.18. The van der Waals surface area contributed by atoms with E-state index in [9.17, 15) is 0 Å². The highest BCUT2D eigenvalue weighted by Gasteiger charge is 2.04. The minimum Gasteiger partial charge on any atom is -0.491 e. The maximum atomic E-state index is 5.69. The maximum Gasteiger partial charge on any atom is 0.140 e. The lowest BCUT2D eigenvalue weighted by Crippen LogP contribution is -2.24. The third-order valence-corrected chi connectivity index (χ3v) is 2.22. The fraction of sp³-hybridized carbons (Fsp3) is 0.583. The van der Waals surface area contributed by atoms with E-state index in [-0.39, 0.29) is 0 Å². The summed E-state index contributed by atoms with van der Waals surface area (Å²) in [6, 6.07) is 3.86. The molecule has 1 rings (SSSR count). The van der Waals surface area contributed by atoms with Crippen LogP contribution in [0, 0.1) is 12.8 Å². The van der Waals surface area contributed by atoms with Gasteiger partial charge in [-0.2, -0.15) is 0 Å². The molecule has 0 bridgehead atoms. The summed E-state index contributed by atoms with van der Waals surface area (Å²) < 4.78 is 5.69. The van der Waals surface area contributed by atoms with Crippen LogP contribution in [0.25, 0.3) is 0 Å². The minimum atomic E-state index is 0.518. The second-order valence-corrected chi connectivity index (χ2v) is 3.81. The molecule has 0 saturated carbocycles. The van der Waals surface area contributed by atoms with Crippen molar-refractivity contribution in [1.82, 2.24) is 10.3 Å². The highest BCUT2D eigenvalue weighted by Crippen LogP contribution is 2.14.